The highest BCUT2D eigenvalue weighted by Gasteiger charge is 2.13. The van der Waals surface area contributed by atoms with Gasteiger partial charge in [-0.2, -0.15) is 0 Å². The summed E-state index contributed by atoms with van der Waals surface area (Å²) in [7, 11) is 0. The minimum atomic E-state index is 0.445. The molecule has 0 radical (unpaired) electrons. The van der Waals surface area contributed by atoms with Gasteiger partial charge in [0.25, 0.3) is 0 Å². The monoisotopic (exact) mass is 271 g/mol. The summed E-state index contributed by atoms with van der Waals surface area (Å²) in [6, 6.07) is 8.77. The molecule has 0 spiro atoms. The lowest BCUT2D eigenvalue weighted by atomic mass is 10.1. The van der Waals surface area contributed by atoms with Gasteiger partial charge in [-0.15, -0.1) is 6.58 Å². The molecule has 0 aliphatic carbocycles. The zero-order chi connectivity index (χ0) is 14.4. The molecule has 0 bridgehead atoms. The Morgan fingerprint density at radius 3 is 2.90 bits per heavy atom. The van der Waals surface area contributed by atoms with Crippen LogP contribution in [0, 0.1) is 0 Å². The van der Waals surface area contributed by atoms with Crippen LogP contribution in [-0.2, 0) is 13.0 Å². The van der Waals surface area contributed by atoms with Gasteiger partial charge in [0.15, 0.2) is 0 Å². The Morgan fingerprint density at radius 1 is 1.35 bits per heavy atom. The number of unbranched alkanes of at least 4 members (excludes halogenated alkanes) is 1. The summed E-state index contributed by atoms with van der Waals surface area (Å²) in [6.45, 7) is 9.07. The fourth-order valence-electron chi connectivity index (χ4n) is 2.49. The maximum absolute atomic E-state index is 6.03. The highest BCUT2D eigenvalue weighted by atomic mass is 16.3. The van der Waals surface area contributed by atoms with Crippen molar-refractivity contribution in [1.82, 2.24) is 5.32 Å². The van der Waals surface area contributed by atoms with Gasteiger partial charge in [-0.3, -0.25) is 0 Å². The van der Waals surface area contributed by atoms with Crippen LogP contribution in [0.3, 0.4) is 0 Å². The van der Waals surface area contributed by atoms with Crippen LogP contribution >= 0.6 is 0 Å². The molecule has 1 atom stereocenters. The van der Waals surface area contributed by atoms with Crippen LogP contribution in [0.4, 0.5) is 0 Å². The fraction of sp³-hybridized carbons (Fsp3) is 0.444. The summed E-state index contributed by atoms with van der Waals surface area (Å²) >= 11 is 0. The SMILES string of the molecule is C=CCC(C)NCc1c(CCCC)oc2ccccc12. The van der Waals surface area contributed by atoms with Gasteiger partial charge in [0.1, 0.15) is 11.3 Å². The molecular weight excluding hydrogens is 246 g/mol. The summed E-state index contributed by atoms with van der Waals surface area (Å²) < 4.78 is 6.03. The second-order valence-electron chi connectivity index (χ2n) is 5.41. The molecule has 108 valence electrons. The van der Waals surface area contributed by atoms with E-state index in [-0.39, 0.29) is 0 Å². The van der Waals surface area contributed by atoms with Crippen LogP contribution in [-0.4, -0.2) is 6.04 Å². The highest BCUT2D eigenvalue weighted by molar-refractivity contribution is 5.82. The molecule has 1 aromatic heterocycles. The lowest BCUT2D eigenvalue weighted by molar-refractivity contribution is 0.511. The van der Waals surface area contributed by atoms with Crippen molar-refractivity contribution in [3.8, 4) is 0 Å². The van der Waals surface area contributed by atoms with Gasteiger partial charge in [0.05, 0.1) is 0 Å². The van der Waals surface area contributed by atoms with Crippen LogP contribution < -0.4 is 5.32 Å². The first kappa shape index (κ1) is 14.9. The Kier molecular flexibility index (Phi) is 5.42. The van der Waals surface area contributed by atoms with E-state index in [0.29, 0.717) is 6.04 Å². The number of nitrogens with one attached hydrogen (secondary N) is 1. The number of rotatable bonds is 8. The smallest absolute Gasteiger partial charge is 0.134 e. The quantitative estimate of drug-likeness (QED) is 0.696. The van der Waals surface area contributed by atoms with Crippen LogP contribution in [0.5, 0.6) is 0 Å². The first-order valence-corrected chi connectivity index (χ1v) is 7.59. The van der Waals surface area contributed by atoms with E-state index in [9.17, 15) is 0 Å². The van der Waals surface area contributed by atoms with Gasteiger partial charge in [-0.25, -0.2) is 0 Å². The van der Waals surface area contributed by atoms with Gasteiger partial charge in [0.2, 0.25) is 0 Å². The number of fused-ring (bicyclic) bond motifs is 1. The first-order valence-electron chi connectivity index (χ1n) is 7.59. The average Bonchev–Trinajstić information content (AvgIpc) is 2.81. The number of hydrogen-bond donors (Lipinski definition) is 1. The van der Waals surface area contributed by atoms with Crippen LogP contribution in [0.25, 0.3) is 11.0 Å². The van der Waals surface area contributed by atoms with Crippen molar-refractivity contribution in [1.29, 1.82) is 0 Å². The van der Waals surface area contributed by atoms with E-state index in [1.165, 1.54) is 23.8 Å². The molecule has 0 saturated carbocycles. The molecule has 2 rings (SSSR count). The molecule has 2 heteroatoms. The van der Waals surface area contributed by atoms with Crippen molar-refractivity contribution in [2.45, 2.75) is 52.1 Å². The van der Waals surface area contributed by atoms with Crippen molar-refractivity contribution in [2.24, 2.45) is 0 Å². The van der Waals surface area contributed by atoms with Gasteiger partial charge in [-0.1, -0.05) is 37.6 Å². The number of hydrogen-bond acceptors (Lipinski definition) is 2. The number of para-hydroxylation sites is 1. The molecule has 20 heavy (non-hydrogen) atoms. The number of furan rings is 1. The van der Waals surface area contributed by atoms with Crippen molar-refractivity contribution in [3.05, 3.63) is 48.2 Å². The maximum Gasteiger partial charge on any atom is 0.134 e. The number of aryl methyl sites for hydroxylation is 1. The molecule has 0 amide bonds. The Labute approximate surface area is 121 Å². The lowest BCUT2D eigenvalue weighted by Crippen LogP contribution is -2.25. The van der Waals surface area contributed by atoms with E-state index in [0.717, 1.165) is 30.7 Å². The van der Waals surface area contributed by atoms with E-state index >= 15 is 0 Å². The third-order valence-electron chi connectivity index (χ3n) is 3.69. The summed E-state index contributed by atoms with van der Waals surface area (Å²) in [5, 5.41) is 4.81. The van der Waals surface area contributed by atoms with E-state index in [1.54, 1.807) is 0 Å². The van der Waals surface area contributed by atoms with Crippen LogP contribution in [0.2, 0.25) is 0 Å². The van der Waals surface area contributed by atoms with Crippen molar-refractivity contribution < 1.29 is 4.42 Å². The third-order valence-corrected chi connectivity index (χ3v) is 3.69. The van der Waals surface area contributed by atoms with Crippen LogP contribution in [0.15, 0.2) is 41.3 Å². The molecule has 2 aromatic rings. The maximum atomic E-state index is 6.03. The molecule has 0 aliphatic rings. The zero-order valence-electron chi connectivity index (χ0n) is 12.6. The minimum Gasteiger partial charge on any atom is -0.461 e. The molecule has 0 aliphatic heterocycles. The molecular formula is C18H25NO. The average molecular weight is 271 g/mol. The molecule has 0 saturated heterocycles. The molecule has 1 unspecified atom stereocenters. The minimum absolute atomic E-state index is 0.445. The third kappa shape index (κ3) is 3.51. The van der Waals surface area contributed by atoms with E-state index in [4.69, 9.17) is 4.42 Å². The normalized spacial score (nSPS) is 12.7. The van der Waals surface area contributed by atoms with Crippen LogP contribution in [0.1, 0.15) is 44.4 Å². The Bertz CT molecular complexity index is 556. The van der Waals surface area contributed by atoms with Gasteiger partial charge in [-0.05, 0) is 25.8 Å². The molecule has 1 N–H and O–H groups in total. The predicted octanol–water partition coefficient (Wildman–Crippen LogP) is 4.83. The Balaban J connectivity index is 2.21. The van der Waals surface area contributed by atoms with Crippen molar-refractivity contribution in [3.63, 3.8) is 0 Å². The summed E-state index contributed by atoms with van der Waals surface area (Å²) in [5.74, 6) is 1.14. The van der Waals surface area contributed by atoms with Gasteiger partial charge in [0, 0.05) is 30.0 Å². The Hall–Kier alpha value is -1.54. The summed E-state index contributed by atoms with van der Waals surface area (Å²) in [5.41, 5.74) is 2.33. The topological polar surface area (TPSA) is 25.2 Å². The van der Waals surface area contributed by atoms with Crippen molar-refractivity contribution in [2.75, 3.05) is 0 Å². The lowest BCUT2D eigenvalue weighted by Gasteiger charge is -2.11. The molecule has 1 aromatic carbocycles. The van der Waals surface area contributed by atoms with Gasteiger partial charge < -0.3 is 9.73 Å². The van der Waals surface area contributed by atoms with Crippen molar-refractivity contribution >= 4 is 11.0 Å². The summed E-state index contributed by atoms with van der Waals surface area (Å²) in [6.07, 6.45) is 6.34. The number of benzene rings is 1. The molecule has 0 fully saturated rings. The summed E-state index contributed by atoms with van der Waals surface area (Å²) in [4.78, 5) is 0. The zero-order valence-corrected chi connectivity index (χ0v) is 12.6. The fourth-order valence-corrected chi connectivity index (χ4v) is 2.49. The highest BCUT2D eigenvalue weighted by Crippen LogP contribution is 2.27. The van der Waals surface area contributed by atoms with E-state index in [1.807, 2.05) is 12.1 Å². The standard InChI is InChI=1S/C18H25NO/c1-4-6-11-18-16(13-19-14(3)9-5-2)15-10-7-8-12-17(15)20-18/h5,7-8,10,12,14,19H,2,4,6,9,11,13H2,1,3H3. The first-order chi connectivity index (χ1) is 9.76. The predicted molar refractivity (Wildman–Crippen MR) is 85.9 cm³/mol. The largest absolute Gasteiger partial charge is 0.461 e. The second-order valence-corrected chi connectivity index (χ2v) is 5.41. The van der Waals surface area contributed by atoms with E-state index in [2.05, 4.69) is 43.9 Å². The van der Waals surface area contributed by atoms with E-state index < -0.39 is 0 Å². The molecule has 1 heterocycles. The second kappa shape index (κ2) is 7.30. The Morgan fingerprint density at radius 2 is 2.15 bits per heavy atom. The molecule has 2 nitrogen and oxygen atoms in total. The van der Waals surface area contributed by atoms with Gasteiger partial charge >= 0.3 is 0 Å².